The summed E-state index contributed by atoms with van der Waals surface area (Å²) in [6.07, 6.45) is 2.78. The monoisotopic (exact) mass is 426 g/mol. The van der Waals surface area contributed by atoms with Crippen LogP contribution >= 0.6 is 0 Å². The Balaban J connectivity index is 1.90. The summed E-state index contributed by atoms with van der Waals surface area (Å²) in [6.45, 7) is 2.53. The Kier molecular flexibility index (Phi) is 5.60. The van der Waals surface area contributed by atoms with Gasteiger partial charge in [0.05, 0.1) is 17.7 Å². The SMILES string of the molecule is Cc1oc2ccc(OCc3cccn(C)c3=O)c(C3(CO)CCOCC3)c2c1C(N)=O. The van der Waals surface area contributed by atoms with Crippen molar-refractivity contribution in [3.05, 3.63) is 63.3 Å². The molecule has 1 fully saturated rings. The molecule has 0 bridgehead atoms. The number of aromatic nitrogens is 1. The molecular weight excluding hydrogens is 400 g/mol. The molecule has 0 radical (unpaired) electrons. The Morgan fingerprint density at radius 3 is 2.71 bits per heavy atom. The van der Waals surface area contributed by atoms with E-state index in [9.17, 15) is 14.7 Å². The Hall–Kier alpha value is -3.10. The van der Waals surface area contributed by atoms with Crippen LogP contribution in [0.3, 0.4) is 0 Å². The number of carbonyl (C=O) groups is 1. The molecule has 1 aromatic carbocycles. The first-order valence-corrected chi connectivity index (χ1v) is 10.2. The van der Waals surface area contributed by atoms with Crippen molar-refractivity contribution in [1.82, 2.24) is 4.57 Å². The number of benzene rings is 1. The minimum absolute atomic E-state index is 0.0484. The Morgan fingerprint density at radius 2 is 2.03 bits per heavy atom. The van der Waals surface area contributed by atoms with E-state index in [1.807, 2.05) is 0 Å². The molecule has 8 nitrogen and oxygen atoms in total. The average Bonchev–Trinajstić information content (AvgIpc) is 3.10. The number of aliphatic hydroxyl groups excluding tert-OH is 1. The van der Waals surface area contributed by atoms with Crippen molar-refractivity contribution in [2.24, 2.45) is 12.8 Å². The van der Waals surface area contributed by atoms with Gasteiger partial charge in [-0.3, -0.25) is 9.59 Å². The van der Waals surface area contributed by atoms with E-state index in [0.29, 0.717) is 59.7 Å². The molecule has 8 heteroatoms. The number of rotatable bonds is 6. The third kappa shape index (κ3) is 3.62. The number of aryl methyl sites for hydroxylation is 2. The summed E-state index contributed by atoms with van der Waals surface area (Å²) in [6, 6.07) is 6.98. The van der Waals surface area contributed by atoms with Crippen LogP contribution in [-0.2, 0) is 23.8 Å². The quantitative estimate of drug-likeness (QED) is 0.624. The highest BCUT2D eigenvalue weighted by molar-refractivity contribution is 6.08. The number of amides is 1. The van der Waals surface area contributed by atoms with E-state index in [4.69, 9.17) is 19.6 Å². The molecule has 1 aliphatic heterocycles. The molecule has 164 valence electrons. The number of furan rings is 1. The lowest BCUT2D eigenvalue weighted by atomic mass is 9.72. The van der Waals surface area contributed by atoms with Gasteiger partial charge in [-0.1, -0.05) is 0 Å². The fraction of sp³-hybridized carbons (Fsp3) is 0.391. The first-order chi connectivity index (χ1) is 14.9. The van der Waals surface area contributed by atoms with E-state index < -0.39 is 11.3 Å². The Morgan fingerprint density at radius 1 is 1.29 bits per heavy atom. The molecular formula is C23H26N2O6. The summed E-state index contributed by atoms with van der Waals surface area (Å²) in [7, 11) is 1.68. The second-order valence-corrected chi connectivity index (χ2v) is 8.00. The van der Waals surface area contributed by atoms with E-state index in [1.165, 1.54) is 4.57 Å². The van der Waals surface area contributed by atoms with Gasteiger partial charge in [-0.05, 0) is 44.0 Å². The minimum atomic E-state index is -0.685. The average molecular weight is 426 g/mol. The molecule has 0 atom stereocenters. The van der Waals surface area contributed by atoms with E-state index in [-0.39, 0.29) is 24.3 Å². The van der Waals surface area contributed by atoms with Gasteiger partial charge in [-0.2, -0.15) is 0 Å². The van der Waals surface area contributed by atoms with Gasteiger partial charge in [0.15, 0.2) is 0 Å². The zero-order valence-corrected chi connectivity index (χ0v) is 17.6. The first kappa shape index (κ1) is 21.1. The standard InChI is InChI=1S/C23H26N2O6/c1-14-18(21(24)27)19-16(31-14)5-6-17(20(19)23(13-26)7-10-29-11-8-23)30-12-15-4-3-9-25(2)22(15)28/h3-6,9,26H,7-8,10-13H2,1-2H3,(H2,24,27). The second-order valence-electron chi connectivity index (χ2n) is 8.00. The molecule has 3 heterocycles. The van der Waals surface area contributed by atoms with Crippen molar-refractivity contribution in [2.75, 3.05) is 19.8 Å². The Labute approximate surface area is 179 Å². The fourth-order valence-electron chi connectivity index (χ4n) is 4.40. The van der Waals surface area contributed by atoms with Gasteiger partial charge in [-0.15, -0.1) is 0 Å². The number of aliphatic hydroxyl groups is 1. The highest BCUT2D eigenvalue weighted by Gasteiger charge is 2.40. The number of primary amides is 1. The summed E-state index contributed by atoms with van der Waals surface area (Å²) in [4.78, 5) is 24.7. The predicted octanol–water partition coefficient (Wildman–Crippen LogP) is 2.16. The van der Waals surface area contributed by atoms with Crippen molar-refractivity contribution in [3.8, 4) is 5.75 Å². The van der Waals surface area contributed by atoms with Crippen LogP contribution < -0.4 is 16.0 Å². The zero-order valence-electron chi connectivity index (χ0n) is 17.6. The van der Waals surface area contributed by atoms with Crippen LogP contribution in [0.4, 0.5) is 0 Å². The van der Waals surface area contributed by atoms with Gasteiger partial charge in [-0.25, -0.2) is 0 Å². The maximum Gasteiger partial charge on any atom is 0.256 e. The van der Waals surface area contributed by atoms with E-state index in [1.54, 1.807) is 44.4 Å². The third-order valence-corrected chi connectivity index (χ3v) is 6.11. The molecule has 0 saturated carbocycles. The van der Waals surface area contributed by atoms with Crippen LogP contribution in [0.2, 0.25) is 0 Å². The molecule has 1 amide bonds. The molecule has 0 aliphatic carbocycles. The van der Waals surface area contributed by atoms with Crippen molar-refractivity contribution in [1.29, 1.82) is 0 Å². The van der Waals surface area contributed by atoms with Gasteiger partial charge in [0.1, 0.15) is 23.7 Å². The number of carbonyl (C=O) groups excluding carboxylic acids is 1. The molecule has 2 aromatic heterocycles. The molecule has 1 saturated heterocycles. The number of hydrogen-bond donors (Lipinski definition) is 2. The maximum absolute atomic E-state index is 12.4. The molecule has 1 aliphatic rings. The van der Waals surface area contributed by atoms with Crippen molar-refractivity contribution < 1.29 is 23.8 Å². The normalized spacial score (nSPS) is 15.8. The topological polar surface area (TPSA) is 117 Å². The van der Waals surface area contributed by atoms with E-state index >= 15 is 0 Å². The third-order valence-electron chi connectivity index (χ3n) is 6.11. The lowest BCUT2D eigenvalue weighted by Crippen LogP contribution is -2.38. The van der Waals surface area contributed by atoms with Crippen molar-refractivity contribution in [2.45, 2.75) is 31.8 Å². The van der Waals surface area contributed by atoms with Gasteiger partial charge < -0.3 is 29.3 Å². The molecule has 4 rings (SSSR count). The van der Waals surface area contributed by atoms with Crippen molar-refractivity contribution >= 4 is 16.9 Å². The molecule has 3 N–H and O–H groups in total. The summed E-state index contributed by atoms with van der Waals surface area (Å²) in [5.74, 6) is 0.294. The molecule has 0 spiro atoms. The highest BCUT2D eigenvalue weighted by Crippen LogP contribution is 2.46. The lowest BCUT2D eigenvalue weighted by Gasteiger charge is -2.37. The van der Waals surface area contributed by atoms with Gasteiger partial charge in [0, 0.05) is 42.8 Å². The number of hydrogen-bond acceptors (Lipinski definition) is 6. The number of fused-ring (bicyclic) bond motifs is 1. The molecule has 0 unspecified atom stereocenters. The number of pyridine rings is 1. The summed E-state index contributed by atoms with van der Waals surface area (Å²) in [5, 5.41) is 11.0. The van der Waals surface area contributed by atoms with E-state index in [2.05, 4.69) is 0 Å². The van der Waals surface area contributed by atoms with E-state index in [0.717, 1.165) is 0 Å². The fourth-order valence-corrected chi connectivity index (χ4v) is 4.40. The van der Waals surface area contributed by atoms with Gasteiger partial charge in [0.2, 0.25) is 0 Å². The highest BCUT2D eigenvalue weighted by atomic mass is 16.5. The lowest BCUT2D eigenvalue weighted by molar-refractivity contribution is 0.0246. The molecule has 31 heavy (non-hydrogen) atoms. The smallest absolute Gasteiger partial charge is 0.256 e. The van der Waals surface area contributed by atoms with Crippen LogP contribution in [0, 0.1) is 6.92 Å². The number of nitrogens with two attached hydrogens (primary N) is 1. The van der Waals surface area contributed by atoms with Crippen LogP contribution in [0.25, 0.3) is 11.0 Å². The summed E-state index contributed by atoms with van der Waals surface area (Å²) < 4.78 is 19.0. The van der Waals surface area contributed by atoms with Gasteiger partial charge >= 0.3 is 0 Å². The minimum Gasteiger partial charge on any atom is -0.488 e. The van der Waals surface area contributed by atoms with Crippen molar-refractivity contribution in [3.63, 3.8) is 0 Å². The zero-order chi connectivity index (χ0) is 22.2. The van der Waals surface area contributed by atoms with Crippen LogP contribution in [0.5, 0.6) is 5.75 Å². The maximum atomic E-state index is 12.4. The number of ether oxygens (including phenoxy) is 2. The number of nitrogens with zero attached hydrogens (tertiary/aromatic N) is 1. The molecule has 3 aromatic rings. The first-order valence-electron chi connectivity index (χ1n) is 10.2. The van der Waals surface area contributed by atoms with Crippen LogP contribution in [0.1, 0.15) is 40.1 Å². The Bertz CT molecular complexity index is 1190. The largest absolute Gasteiger partial charge is 0.488 e. The van der Waals surface area contributed by atoms with Gasteiger partial charge in [0.25, 0.3) is 11.5 Å². The predicted molar refractivity (Wildman–Crippen MR) is 114 cm³/mol. The summed E-state index contributed by atoms with van der Waals surface area (Å²) in [5.41, 5.74) is 6.82. The van der Waals surface area contributed by atoms with Crippen LogP contribution in [-0.4, -0.2) is 35.4 Å². The second kappa shape index (κ2) is 8.20. The summed E-state index contributed by atoms with van der Waals surface area (Å²) >= 11 is 0. The van der Waals surface area contributed by atoms with Crippen LogP contribution in [0.15, 0.2) is 39.7 Å².